The molecule has 0 radical (unpaired) electrons. The molecule has 1 aromatic heterocycles. The van der Waals surface area contributed by atoms with Crippen LogP contribution in [0.3, 0.4) is 0 Å². The number of anilines is 1. The number of piperidine rings is 1. The number of aromatic nitrogens is 1. The van der Waals surface area contributed by atoms with Gasteiger partial charge in [0, 0.05) is 33.4 Å². The Bertz CT molecular complexity index is 576. The number of methoxy groups -OCH3 is 1. The summed E-state index contributed by atoms with van der Waals surface area (Å²) in [5.74, 6) is 0.372. The van der Waals surface area contributed by atoms with Crippen LogP contribution < -0.4 is 5.32 Å². The normalized spacial score (nSPS) is 24.6. The fraction of sp³-hybridized carbons (Fsp3) is 0.615. The van der Waals surface area contributed by atoms with Crippen LogP contribution in [0.1, 0.15) is 19.8 Å². The highest BCUT2D eigenvalue weighted by molar-refractivity contribution is 7.89. The molecule has 1 atom stereocenters. The lowest BCUT2D eigenvalue weighted by molar-refractivity contribution is -0.0319. The summed E-state index contributed by atoms with van der Waals surface area (Å²) in [6.45, 7) is 2.82. The van der Waals surface area contributed by atoms with Gasteiger partial charge in [-0.25, -0.2) is 13.4 Å². The van der Waals surface area contributed by atoms with Gasteiger partial charge < -0.3 is 10.1 Å². The molecule has 2 heterocycles. The fourth-order valence-electron chi connectivity index (χ4n) is 2.46. The van der Waals surface area contributed by atoms with Crippen molar-refractivity contribution in [1.82, 2.24) is 9.29 Å². The SMILES string of the molecule is CNc1ncccc1S(=O)(=O)N1CCCC(C)(OC)C1. The highest BCUT2D eigenvalue weighted by Crippen LogP contribution is 2.30. The van der Waals surface area contributed by atoms with Crippen molar-refractivity contribution in [2.24, 2.45) is 0 Å². The molecule has 1 aromatic rings. The van der Waals surface area contributed by atoms with Crippen LogP contribution >= 0.6 is 0 Å². The van der Waals surface area contributed by atoms with Crippen LogP contribution in [0.4, 0.5) is 5.82 Å². The summed E-state index contributed by atoms with van der Waals surface area (Å²) in [6.07, 6.45) is 3.22. The van der Waals surface area contributed by atoms with E-state index in [0.717, 1.165) is 12.8 Å². The maximum Gasteiger partial charge on any atom is 0.246 e. The van der Waals surface area contributed by atoms with Gasteiger partial charge >= 0.3 is 0 Å². The molecule has 0 amide bonds. The molecular weight excluding hydrogens is 278 g/mol. The van der Waals surface area contributed by atoms with Crippen LogP contribution in [-0.2, 0) is 14.8 Å². The quantitative estimate of drug-likeness (QED) is 0.907. The standard InChI is InChI=1S/C13H21N3O3S/c1-13(19-3)7-5-9-16(10-13)20(17,18)11-6-4-8-15-12(11)14-2/h4,6,8H,5,7,9-10H2,1-3H3,(H,14,15). The number of pyridine rings is 1. The first-order chi connectivity index (χ1) is 9.43. The van der Waals surface area contributed by atoms with Crippen molar-refractivity contribution in [2.45, 2.75) is 30.3 Å². The first-order valence-electron chi connectivity index (χ1n) is 6.61. The molecule has 20 heavy (non-hydrogen) atoms. The van der Waals surface area contributed by atoms with Crippen LogP contribution in [0.5, 0.6) is 0 Å². The van der Waals surface area contributed by atoms with E-state index in [2.05, 4.69) is 10.3 Å². The third-order valence-corrected chi connectivity index (χ3v) is 5.62. The van der Waals surface area contributed by atoms with Gasteiger partial charge in [-0.05, 0) is 31.9 Å². The monoisotopic (exact) mass is 299 g/mol. The lowest BCUT2D eigenvalue weighted by Crippen LogP contribution is -2.49. The number of nitrogens with one attached hydrogen (secondary N) is 1. The minimum Gasteiger partial charge on any atom is -0.377 e. The Morgan fingerprint density at radius 1 is 1.50 bits per heavy atom. The van der Waals surface area contributed by atoms with E-state index in [9.17, 15) is 8.42 Å². The Kier molecular flexibility index (Phi) is 4.31. The summed E-state index contributed by atoms with van der Waals surface area (Å²) in [5.41, 5.74) is -0.423. The predicted octanol–water partition coefficient (Wildman–Crippen LogP) is 1.31. The number of ether oxygens (including phenoxy) is 1. The zero-order chi connectivity index (χ0) is 14.8. The number of nitrogens with zero attached hydrogens (tertiary/aromatic N) is 2. The molecule has 1 N–H and O–H groups in total. The van der Waals surface area contributed by atoms with Gasteiger partial charge in [-0.3, -0.25) is 0 Å². The molecule has 2 rings (SSSR count). The van der Waals surface area contributed by atoms with Crippen molar-refractivity contribution in [3.05, 3.63) is 18.3 Å². The second-order valence-electron chi connectivity index (χ2n) is 5.20. The van der Waals surface area contributed by atoms with Crippen molar-refractivity contribution in [2.75, 3.05) is 32.6 Å². The van der Waals surface area contributed by atoms with E-state index < -0.39 is 15.6 Å². The van der Waals surface area contributed by atoms with Gasteiger partial charge in [-0.2, -0.15) is 4.31 Å². The molecule has 1 aliphatic rings. The summed E-state index contributed by atoms with van der Waals surface area (Å²) >= 11 is 0. The van der Waals surface area contributed by atoms with Crippen molar-refractivity contribution in [3.63, 3.8) is 0 Å². The molecule has 1 unspecified atom stereocenters. The molecular formula is C13H21N3O3S. The average Bonchev–Trinajstić information content (AvgIpc) is 2.47. The van der Waals surface area contributed by atoms with Gasteiger partial charge in [-0.1, -0.05) is 0 Å². The van der Waals surface area contributed by atoms with Crippen molar-refractivity contribution in [3.8, 4) is 0 Å². The molecule has 1 aliphatic heterocycles. The van der Waals surface area contributed by atoms with Gasteiger partial charge in [0.2, 0.25) is 10.0 Å². The van der Waals surface area contributed by atoms with Gasteiger partial charge in [0.25, 0.3) is 0 Å². The van der Waals surface area contributed by atoms with E-state index in [0.29, 0.717) is 18.9 Å². The van der Waals surface area contributed by atoms with Crippen molar-refractivity contribution in [1.29, 1.82) is 0 Å². The molecule has 0 aromatic carbocycles. The second-order valence-corrected chi connectivity index (χ2v) is 7.10. The molecule has 1 fully saturated rings. The first kappa shape index (κ1) is 15.2. The van der Waals surface area contributed by atoms with Gasteiger partial charge in [0.05, 0.1) is 5.60 Å². The zero-order valence-electron chi connectivity index (χ0n) is 12.1. The van der Waals surface area contributed by atoms with Crippen molar-refractivity contribution >= 4 is 15.8 Å². The Labute approximate surface area is 120 Å². The Balaban J connectivity index is 2.35. The molecule has 1 saturated heterocycles. The number of hydrogen-bond acceptors (Lipinski definition) is 5. The maximum atomic E-state index is 12.8. The summed E-state index contributed by atoms with van der Waals surface area (Å²) in [4.78, 5) is 4.28. The highest BCUT2D eigenvalue weighted by atomic mass is 32.2. The Hall–Kier alpha value is -1.18. The van der Waals surface area contributed by atoms with E-state index in [4.69, 9.17) is 4.74 Å². The Morgan fingerprint density at radius 2 is 2.25 bits per heavy atom. The molecule has 112 valence electrons. The zero-order valence-corrected chi connectivity index (χ0v) is 12.9. The summed E-state index contributed by atoms with van der Waals surface area (Å²) < 4.78 is 32.5. The van der Waals surface area contributed by atoms with Crippen LogP contribution in [0, 0.1) is 0 Å². The van der Waals surface area contributed by atoms with Crippen molar-refractivity contribution < 1.29 is 13.2 Å². The molecule has 6 nitrogen and oxygen atoms in total. The Morgan fingerprint density at radius 3 is 2.90 bits per heavy atom. The third-order valence-electron chi connectivity index (χ3n) is 3.74. The van der Waals surface area contributed by atoms with Crippen LogP contribution in [0.15, 0.2) is 23.2 Å². The molecule has 0 saturated carbocycles. The van der Waals surface area contributed by atoms with Gasteiger partial charge in [-0.15, -0.1) is 0 Å². The van der Waals surface area contributed by atoms with Gasteiger partial charge in [0.1, 0.15) is 10.7 Å². The van der Waals surface area contributed by atoms with E-state index in [1.807, 2.05) is 6.92 Å². The van der Waals surface area contributed by atoms with E-state index in [-0.39, 0.29) is 4.90 Å². The minimum atomic E-state index is -3.56. The largest absolute Gasteiger partial charge is 0.377 e. The van der Waals surface area contributed by atoms with Gasteiger partial charge in [0.15, 0.2) is 0 Å². The number of sulfonamides is 1. The third kappa shape index (κ3) is 2.79. The smallest absolute Gasteiger partial charge is 0.246 e. The van der Waals surface area contributed by atoms with Crippen LogP contribution in [0.25, 0.3) is 0 Å². The number of hydrogen-bond donors (Lipinski definition) is 1. The second kappa shape index (κ2) is 5.67. The summed E-state index contributed by atoms with van der Waals surface area (Å²) in [7, 11) is -0.270. The molecule has 0 spiro atoms. The fourth-order valence-corrected chi connectivity index (χ4v) is 4.20. The lowest BCUT2D eigenvalue weighted by atomic mass is 9.96. The van der Waals surface area contributed by atoms with Crippen LogP contribution in [-0.4, -0.2) is 50.6 Å². The summed E-state index contributed by atoms with van der Waals surface area (Å²) in [6, 6.07) is 3.21. The van der Waals surface area contributed by atoms with E-state index in [1.54, 1.807) is 32.5 Å². The maximum absolute atomic E-state index is 12.8. The van der Waals surface area contributed by atoms with Crippen LogP contribution in [0.2, 0.25) is 0 Å². The first-order valence-corrected chi connectivity index (χ1v) is 8.05. The average molecular weight is 299 g/mol. The number of rotatable bonds is 4. The minimum absolute atomic E-state index is 0.211. The molecule has 0 aliphatic carbocycles. The lowest BCUT2D eigenvalue weighted by Gasteiger charge is -2.38. The highest BCUT2D eigenvalue weighted by Gasteiger charge is 2.37. The molecule has 0 bridgehead atoms. The van der Waals surface area contributed by atoms with E-state index in [1.165, 1.54) is 4.31 Å². The topological polar surface area (TPSA) is 71.5 Å². The molecule has 7 heteroatoms. The van der Waals surface area contributed by atoms with E-state index >= 15 is 0 Å². The summed E-state index contributed by atoms with van der Waals surface area (Å²) in [5, 5.41) is 2.83. The predicted molar refractivity (Wildman–Crippen MR) is 77.2 cm³/mol.